The van der Waals surface area contributed by atoms with Gasteiger partial charge in [-0.1, -0.05) is 6.42 Å². The van der Waals surface area contributed by atoms with Crippen molar-refractivity contribution in [1.29, 1.82) is 0 Å². The minimum Gasteiger partial charge on any atom is -0.497 e. The fraction of sp³-hybridized carbons (Fsp3) is 0.500. The van der Waals surface area contributed by atoms with Gasteiger partial charge in [-0.25, -0.2) is 4.79 Å². The van der Waals surface area contributed by atoms with Crippen LogP contribution in [0.15, 0.2) is 24.3 Å². The number of nitrogens with one attached hydrogen (secondary N) is 3. The van der Waals surface area contributed by atoms with E-state index in [1.807, 2.05) is 24.3 Å². The summed E-state index contributed by atoms with van der Waals surface area (Å²) in [6, 6.07) is 7.35. The normalized spacial score (nSPS) is 19.3. The molecule has 2 rings (SSSR count). The summed E-state index contributed by atoms with van der Waals surface area (Å²) in [5, 5.41) is 9.14. The lowest BCUT2D eigenvalue weighted by molar-refractivity contribution is 0.247. The van der Waals surface area contributed by atoms with Gasteiger partial charge in [-0.15, -0.1) is 0 Å². The molecule has 5 nitrogen and oxygen atoms in total. The molecule has 1 aromatic rings. The average molecular weight is 263 g/mol. The number of anilines is 1. The average Bonchev–Trinajstić information content (AvgIpc) is 2.68. The standard InChI is InChI=1S/C14H21N3O2/c1-19-13-7-5-11(6-8-13)16-14(18)17-12-4-2-3-9-15-10-12/h5-8,12,15H,2-4,9-10H2,1H3,(H2,16,17,18). The number of hydrogen-bond donors (Lipinski definition) is 3. The fourth-order valence-corrected chi connectivity index (χ4v) is 2.17. The smallest absolute Gasteiger partial charge is 0.319 e. The molecule has 1 aromatic carbocycles. The second-order valence-corrected chi connectivity index (χ2v) is 4.72. The molecule has 1 saturated heterocycles. The third kappa shape index (κ3) is 4.44. The fourth-order valence-electron chi connectivity index (χ4n) is 2.17. The minimum atomic E-state index is -0.154. The number of rotatable bonds is 3. The quantitative estimate of drug-likeness (QED) is 0.781. The van der Waals surface area contributed by atoms with E-state index >= 15 is 0 Å². The van der Waals surface area contributed by atoms with Crippen LogP contribution in [-0.4, -0.2) is 32.3 Å². The Morgan fingerprint density at radius 1 is 1.32 bits per heavy atom. The summed E-state index contributed by atoms with van der Waals surface area (Å²) in [6.45, 7) is 1.88. The van der Waals surface area contributed by atoms with Crippen LogP contribution < -0.4 is 20.7 Å². The molecular formula is C14H21N3O2. The summed E-state index contributed by atoms with van der Waals surface area (Å²) < 4.78 is 5.07. The van der Waals surface area contributed by atoms with E-state index in [0.29, 0.717) is 0 Å². The van der Waals surface area contributed by atoms with Gasteiger partial charge in [0.25, 0.3) is 0 Å². The van der Waals surface area contributed by atoms with Crippen LogP contribution in [0, 0.1) is 0 Å². The molecule has 0 radical (unpaired) electrons. The summed E-state index contributed by atoms with van der Waals surface area (Å²) in [6.07, 6.45) is 3.36. The maximum atomic E-state index is 11.9. The highest BCUT2D eigenvalue weighted by Gasteiger charge is 2.14. The van der Waals surface area contributed by atoms with Gasteiger partial charge in [-0.2, -0.15) is 0 Å². The van der Waals surface area contributed by atoms with Crippen molar-refractivity contribution < 1.29 is 9.53 Å². The van der Waals surface area contributed by atoms with Crippen molar-refractivity contribution in [1.82, 2.24) is 10.6 Å². The third-order valence-corrected chi connectivity index (χ3v) is 3.23. The topological polar surface area (TPSA) is 62.4 Å². The predicted molar refractivity (Wildman–Crippen MR) is 75.7 cm³/mol. The Hall–Kier alpha value is -1.75. The largest absolute Gasteiger partial charge is 0.497 e. The zero-order valence-electron chi connectivity index (χ0n) is 11.2. The molecule has 1 atom stereocenters. The Morgan fingerprint density at radius 3 is 2.84 bits per heavy atom. The van der Waals surface area contributed by atoms with E-state index in [1.54, 1.807) is 7.11 Å². The summed E-state index contributed by atoms with van der Waals surface area (Å²) in [7, 11) is 1.62. The van der Waals surface area contributed by atoms with Crippen LogP contribution in [0.5, 0.6) is 5.75 Å². The van der Waals surface area contributed by atoms with E-state index in [4.69, 9.17) is 4.74 Å². The van der Waals surface area contributed by atoms with Crippen molar-refractivity contribution in [2.45, 2.75) is 25.3 Å². The molecule has 19 heavy (non-hydrogen) atoms. The van der Waals surface area contributed by atoms with Crippen LogP contribution in [-0.2, 0) is 0 Å². The van der Waals surface area contributed by atoms with Gasteiger partial charge in [0.15, 0.2) is 0 Å². The highest BCUT2D eigenvalue weighted by Crippen LogP contribution is 2.14. The van der Waals surface area contributed by atoms with Crippen LogP contribution in [0.25, 0.3) is 0 Å². The van der Waals surface area contributed by atoms with E-state index in [1.165, 1.54) is 6.42 Å². The summed E-state index contributed by atoms with van der Waals surface area (Å²) in [4.78, 5) is 11.9. The Balaban J connectivity index is 1.82. The Morgan fingerprint density at radius 2 is 2.11 bits per heavy atom. The van der Waals surface area contributed by atoms with Gasteiger partial charge >= 0.3 is 6.03 Å². The van der Waals surface area contributed by atoms with Crippen LogP contribution in [0.4, 0.5) is 10.5 Å². The number of urea groups is 1. The van der Waals surface area contributed by atoms with E-state index < -0.39 is 0 Å². The molecule has 1 fully saturated rings. The molecule has 1 aliphatic heterocycles. The molecule has 5 heteroatoms. The third-order valence-electron chi connectivity index (χ3n) is 3.23. The van der Waals surface area contributed by atoms with Crippen molar-refractivity contribution in [3.05, 3.63) is 24.3 Å². The first-order valence-electron chi connectivity index (χ1n) is 6.70. The molecule has 0 aliphatic carbocycles. The molecule has 0 saturated carbocycles. The Kier molecular flexibility index (Phi) is 5.03. The highest BCUT2D eigenvalue weighted by atomic mass is 16.5. The van der Waals surface area contributed by atoms with Crippen molar-refractivity contribution >= 4 is 11.7 Å². The lowest BCUT2D eigenvalue weighted by atomic mass is 10.1. The lowest BCUT2D eigenvalue weighted by Crippen LogP contribution is -2.42. The SMILES string of the molecule is COc1ccc(NC(=O)NC2CCCCNC2)cc1. The molecule has 1 heterocycles. The van der Waals surface area contributed by atoms with Crippen LogP contribution in [0.3, 0.4) is 0 Å². The maximum absolute atomic E-state index is 11.9. The van der Waals surface area contributed by atoms with Gasteiger partial charge in [-0.3, -0.25) is 0 Å². The Labute approximate surface area is 113 Å². The van der Waals surface area contributed by atoms with Crippen molar-refractivity contribution in [2.24, 2.45) is 0 Å². The van der Waals surface area contributed by atoms with E-state index in [9.17, 15) is 4.79 Å². The van der Waals surface area contributed by atoms with Crippen LogP contribution in [0.1, 0.15) is 19.3 Å². The number of carbonyl (C=O) groups excluding carboxylic acids is 1. The van der Waals surface area contributed by atoms with Crippen molar-refractivity contribution in [3.63, 3.8) is 0 Å². The van der Waals surface area contributed by atoms with Crippen molar-refractivity contribution in [2.75, 3.05) is 25.5 Å². The van der Waals surface area contributed by atoms with Gasteiger partial charge in [0.1, 0.15) is 5.75 Å². The number of methoxy groups -OCH3 is 1. The molecular weight excluding hydrogens is 242 g/mol. The molecule has 1 aliphatic rings. The van der Waals surface area contributed by atoms with E-state index in [-0.39, 0.29) is 12.1 Å². The van der Waals surface area contributed by atoms with Gasteiger partial charge in [-0.05, 0) is 43.7 Å². The van der Waals surface area contributed by atoms with Crippen molar-refractivity contribution in [3.8, 4) is 5.75 Å². The number of carbonyl (C=O) groups is 1. The number of hydrogen-bond acceptors (Lipinski definition) is 3. The van der Waals surface area contributed by atoms with E-state index in [0.717, 1.165) is 37.4 Å². The molecule has 0 spiro atoms. The summed E-state index contributed by atoms with van der Waals surface area (Å²) in [5.41, 5.74) is 0.764. The molecule has 0 aromatic heterocycles. The van der Waals surface area contributed by atoms with E-state index in [2.05, 4.69) is 16.0 Å². The predicted octanol–water partition coefficient (Wildman–Crippen LogP) is 1.96. The number of amides is 2. The van der Waals surface area contributed by atoms with Crippen LogP contribution in [0.2, 0.25) is 0 Å². The highest BCUT2D eigenvalue weighted by molar-refractivity contribution is 5.89. The lowest BCUT2D eigenvalue weighted by Gasteiger charge is -2.17. The van der Waals surface area contributed by atoms with Gasteiger partial charge in [0, 0.05) is 18.3 Å². The first-order valence-corrected chi connectivity index (χ1v) is 6.70. The zero-order valence-corrected chi connectivity index (χ0v) is 11.2. The Bertz CT molecular complexity index is 398. The monoisotopic (exact) mass is 263 g/mol. The molecule has 104 valence electrons. The first kappa shape index (κ1) is 13.7. The summed E-state index contributed by atoms with van der Waals surface area (Å²) >= 11 is 0. The second-order valence-electron chi connectivity index (χ2n) is 4.72. The second kappa shape index (κ2) is 6.99. The molecule has 3 N–H and O–H groups in total. The minimum absolute atomic E-state index is 0.154. The maximum Gasteiger partial charge on any atom is 0.319 e. The number of benzene rings is 1. The van der Waals surface area contributed by atoms with Gasteiger partial charge in [0.2, 0.25) is 0 Å². The van der Waals surface area contributed by atoms with Crippen LogP contribution >= 0.6 is 0 Å². The molecule has 1 unspecified atom stereocenters. The van der Waals surface area contributed by atoms with Gasteiger partial charge < -0.3 is 20.7 Å². The molecule has 2 amide bonds. The molecule has 0 bridgehead atoms. The van der Waals surface area contributed by atoms with Gasteiger partial charge in [0.05, 0.1) is 7.11 Å². The summed E-state index contributed by atoms with van der Waals surface area (Å²) in [5.74, 6) is 0.777. The number of ether oxygens (including phenoxy) is 1. The zero-order chi connectivity index (χ0) is 13.5. The first-order chi connectivity index (χ1) is 9.28.